The summed E-state index contributed by atoms with van der Waals surface area (Å²) < 4.78 is 6.55. The molecule has 19 heavy (non-hydrogen) atoms. The second-order valence-corrected chi connectivity index (χ2v) is 6.40. The molecule has 0 radical (unpaired) electrons. The van der Waals surface area contributed by atoms with Crippen LogP contribution in [0, 0.1) is 0 Å². The number of rotatable bonds is 5. The molecule has 0 spiro atoms. The van der Waals surface area contributed by atoms with E-state index >= 15 is 0 Å². The van der Waals surface area contributed by atoms with Gasteiger partial charge in [0, 0.05) is 13.6 Å². The summed E-state index contributed by atoms with van der Waals surface area (Å²) in [6.07, 6.45) is 0. The van der Waals surface area contributed by atoms with Crippen molar-refractivity contribution < 1.29 is 4.74 Å². The van der Waals surface area contributed by atoms with E-state index in [1.54, 1.807) is 11.3 Å². The van der Waals surface area contributed by atoms with Gasteiger partial charge in [0.1, 0.15) is 5.82 Å². The molecule has 0 aromatic carbocycles. The number of nitrogens with zero attached hydrogens (tertiary/aromatic N) is 2. The fraction of sp³-hybridized carbons (Fsp3) is 0.308. The highest BCUT2D eigenvalue weighted by atomic mass is 79.9. The van der Waals surface area contributed by atoms with E-state index in [1.807, 2.05) is 26.1 Å². The summed E-state index contributed by atoms with van der Waals surface area (Å²) in [6, 6.07) is 5.84. The van der Waals surface area contributed by atoms with Crippen molar-refractivity contribution in [3.63, 3.8) is 0 Å². The predicted octanol–water partition coefficient (Wildman–Crippen LogP) is 3.52. The lowest BCUT2D eigenvalue weighted by Crippen LogP contribution is -2.17. The summed E-state index contributed by atoms with van der Waals surface area (Å²) in [5, 5.41) is 2.13. The topological polar surface area (TPSA) is 51.4 Å². The second-order valence-electron chi connectivity index (χ2n) is 4.11. The SMILES string of the molecule is CCOc1nc(N(C)Cc2csc(Br)c2)ccc1N. The monoisotopic (exact) mass is 341 g/mol. The predicted molar refractivity (Wildman–Crippen MR) is 83.9 cm³/mol. The standard InChI is InChI=1S/C13H16BrN3OS/c1-3-18-13-10(15)4-5-12(16-13)17(2)7-9-6-11(14)19-8-9/h4-6,8H,3,7,15H2,1-2H3. The van der Waals surface area contributed by atoms with Gasteiger partial charge in [0.15, 0.2) is 0 Å². The van der Waals surface area contributed by atoms with Crippen LogP contribution in [0.1, 0.15) is 12.5 Å². The Labute approximate surface area is 125 Å². The van der Waals surface area contributed by atoms with Crippen molar-refractivity contribution in [2.24, 2.45) is 0 Å². The molecule has 0 atom stereocenters. The first-order valence-corrected chi connectivity index (χ1v) is 7.60. The normalized spacial score (nSPS) is 10.5. The molecule has 2 aromatic heterocycles. The van der Waals surface area contributed by atoms with Crippen LogP contribution in [0.2, 0.25) is 0 Å². The van der Waals surface area contributed by atoms with Gasteiger partial charge in [-0.1, -0.05) is 0 Å². The van der Waals surface area contributed by atoms with Crippen LogP contribution in [-0.2, 0) is 6.54 Å². The van der Waals surface area contributed by atoms with E-state index in [9.17, 15) is 0 Å². The van der Waals surface area contributed by atoms with Crippen molar-refractivity contribution in [1.82, 2.24) is 4.98 Å². The lowest BCUT2D eigenvalue weighted by atomic mass is 10.3. The van der Waals surface area contributed by atoms with Gasteiger partial charge in [-0.05, 0) is 52.0 Å². The third-order valence-corrected chi connectivity index (χ3v) is 4.14. The Balaban J connectivity index is 2.14. The van der Waals surface area contributed by atoms with Crippen molar-refractivity contribution >= 4 is 38.8 Å². The fourth-order valence-electron chi connectivity index (χ4n) is 1.69. The highest BCUT2D eigenvalue weighted by molar-refractivity contribution is 9.11. The zero-order valence-electron chi connectivity index (χ0n) is 10.9. The molecule has 0 aliphatic rings. The highest BCUT2D eigenvalue weighted by Gasteiger charge is 2.09. The molecule has 2 rings (SSSR count). The smallest absolute Gasteiger partial charge is 0.239 e. The maximum atomic E-state index is 5.82. The average Bonchev–Trinajstić information content (AvgIpc) is 2.77. The Morgan fingerprint density at radius 3 is 2.89 bits per heavy atom. The molecule has 2 heterocycles. The molecule has 0 saturated heterocycles. The molecule has 0 fully saturated rings. The number of hydrogen-bond acceptors (Lipinski definition) is 5. The number of ether oxygens (including phenoxy) is 1. The third kappa shape index (κ3) is 3.61. The number of hydrogen-bond donors (Lipinski definition) is 1. The first-order chi connectivity index (χ1) is 9.10. The third-order valence-electron chi connectivity index (χ3n) is 2.59. The van der Waals surface area contributed by atoms with Crippen molar-refractivity contribution in [2.45, 2.75) is 13.5 Å². The molecule has 2 N–H and O–H groups in total. The summed E-state index contributed by atoms with van der Waals surface area (Å²) in [5.41, 5.74) is 7.63. The van der Waals surface area contributed by atoms with Crippen molar-refractivity contribution in [1.29, 1.82) is 0 Å². The first-order valence-electron chi connectivity index (χ1n) is 5.93. The molecule has 6 heteroatoms. The van der Waals surface area contributed by atoms with Gasteiger partial charge in [-0.25, -0.2) is 0 Å². The van der Waals surface area contributed by atoms with E-state index in [-0.39, 0.29) is 0 Å². The summed E-state index contributed by atoms with van der Waals surface area (Å²) in [5.74, 6) is 1.35. The largest absolute Gasteiger partial charge is 0.476 e. The van der Waals surface area contributed by atoms with Crippen molar-refractivity contribution in [3.05, 3.63) is 32.9 Å². The van der Waals surface area contributed by atoms with Gasteiger partial charge in [0.2, 0.25) is 5.88 Å². The van der Waals surface area contributed by atoms with Crippen LogP contribution in [0.5, 0.6) is 5.88 Å². The number of pyridine rings is 1. The van der Waals surface area contributed by atoms with E-state index in [1.165, 1.54) is 5.56 Å². The van der Waals surface area contributed by atoms with Crippen LogP contribution in [-0.4, -0.2) is 18.6 Å². The number of anilines is 2. The molecule has 2 aromatic rings. The lowest BCUT2D eigenvalue weighted by Gasteiger charge is -2.18. The quantitative estimate of drug-likeness (QED) is 0.903. The molecule has 0 aliphatic heterocycles. The van der Waals surface area contributed by atoms with E-state index in [2.05, 4.69) is 37.3 Å². The Hall–Kier alpha value is -1.27. The second kappa shape index (κ2) is 6.25. The molecule has 0 saturated carbocycles. The van der Waals surface area contributed by atoms with Crippen LogP contribution in [0.4, 0.5) is 11.5 Å². The van der Waals surface area contributed by atoms with Crippen LogP contribution in [0.25, 0.3) is 0 Å². The van der Waals surface area contributed by atoms with E-state index in [4.69, 9.17) is 10.5 Å². The molecule has 0 amide bonds. The number of nitrogens with two attached hydrogens (primary N) is 1. The van der Waals surface area contributed by atoms with Crippen LogP contribution in [0.3, 0.4) is 0 Å². The van der Waals surface area contributed by atoms with Crippen LogP contribution < -0.4 is 15.4 Å². The van der Waals surface area contributed by atoms with Gasteiger partial charge in [-0.15, -0.1) is 11.3 Å². The summed E-state index contributed by atoms with van der Waals surface area (Å²) in [4.78, 5) is 6.50. The molecule has 0 bridgehead atoms. The van der Waals surface area contributed by atoms with Gasteiger partial charge in [0.05, 0.1) is 16.1 Å². The number of nitrogen functional groups attached to an aromatic ring is 1. The minimum atomic E-state index is 0.498. The maximum absolute atomic E-state index is 5.82. The average molecular weight is 342 g/mol. The van der Waals surface area contributed by atoms with Crippen molar-refractivity contribution in [2.75, 3.05) is 24.3 Å². The van der Waals surface area contributed by atoms with Crippen molar-refractivity contribution in [3.8, 4) is 5.88 Å². The minimum absolute atomic E-state index is 0.498. The highest BCUT2D eigenvalue weighted by Crippen LogP contribution is 2.25. The van der Waals surface area contributed by atoms with Crippen LogP contribution >= 0.6 is 27.3 Å². The molecule has 0 unspecified atom stereocenters. The van der Waals surface area contributed by atoms with Crippen LogP contribution in [0.15, 0.2) is 27.4 Å². The molecular formula is C13H16BrN3OS. The first kappa shape index (κ1) is 14.1. The Morgan fingerprint density at radius 2 is 2.26 bits per heavy atom. The number of thiophene rings is 1. The Bertz CT molecular complexity index is 559. The summed E-state index contributed by atoms with van der Waals surface area (Å²) in [7, 11) is 2.00. The molecule has 4 nitrogen and oxygen atoms in total. The van der Waals surface area contributed by atoms with E-state index in [0.717, 1.165) is 16.1 Å². The van der Waals surface area contributed by atoms with Gasteiger partial charge < -0.3 is 15.4 Å². The Morgan fingerprint density at radius 1 is 1.47 bits per heavy atom. The zero-order valence-corrected chi connectivity index (χ0v) is 13.3. The van der Waals surface area contributed by atoms with Gasteiger partial charge in [-0.3, -0.25) is 0 Å². The van der Waals surface area contributed by atoms with Gasteiger partial charge in [-0.2, -0.15) is 4.98 Å². The fourth-order valence-corrected chi connectivity index (χ4v) is 2.89. The molecule has 0 aliphatic carbocycles. The number of aromatic nitrogens is 1. The van der Waals surface area contributed by atoms with Gasteiger partial charge >= 0.3 is 0 Å². The Kier molecular flexibility index (Phi) is 4.66. The number of halogens is 1. The summed E-state index contributed by atoms with van der Waals surface area (Å²) >= 11 is 5.15. The van der Waals surface area contributed by atoms with Gasteiger partial charge in [0.25, 0.3) is 0 Å². The van der Waals surface area contributed by atoms with E-state index in [0.29, 0.717) is 18.2 Å². The zero-order chi connectivity index (χ0) is 13.8. The molecule has 102 valence electrons. The molecular weight excluding hydrogens is 326 g/mol. The summed E-state index contributed by atoms with van der Waals surface area (Å²) in [6.45, 7) is 3.27. The maximum Gasteiger partial charge on any atom is 0.239 e. The minimum Gasteiger partial charge on any atom is -0.476 e. The lowest BCUT2D eigenvalue weighted by molar-refractivity contribution is 0.329. The van der Waals surface area contributed by atoms with E-state index < -0.39 is 0 Å².